The van der Waals surface area contributed by atoms with Crippen LogP contribution in [0.2, 0.25) is 0 Å². The van der Waals surface area contributed by atoms with E-state index in [1.165, 1.54) is 0 Å². The summed E-state index contributed by atoms with van der Waals surface area (Å²) in [4.78, 5) is 16.2. The van der Waals surface area contributed by atoms with Gasteiger partial charge in [0.25, 0.3) is 0 Å². The number of hydrogen-bond donors (Lipinski definition) is 0. The molecule has 1 aromatic heterocycles. The Morgan fingerprint density at radius 3 is 2.11 bits per heavy atom. The van der Waals surface area contributed by atoms with E-state index in [0.29, 0.717) is 5.78 Å². The molecule has 102 valence electrons. The number of hydrogen-bond acceptors (Lipinski definition) is 3. The number of carbonyl (C=O) groups excluding carboxylic acids is 1. The number of carbonyl (C=O) groups is 1. The van der Waals surface area contributed by atoms with Crippen LogP contribution in [0.4, 0.5) is 0 Å². The lowest BCUT2D eigenvalue weighted by Gasteiger charge is -2.40. The summed E-state index contributed by atoms with van der Waals surface area (Å²) in [6, 6.07) is 2.04. The highest BCUT2D eigenvalue weighted by Gasteiger charge is 2.40. The molecule has 0 fully saturated rings. The summed E-state index contributed by atoms with van der Waals surface area (Å²) in [5.74, 6) is 0.309. The third kappa shape index (κ3) is 2.52. The van der Waals surface area contributed by atoms with Crippen molar-refractivity contribution in [2.24, 2.45) is 0 Å². The molecule has 0 N–H and O–H groups in total. The number of thiophene rings is 1. The van der Waals surface area contributed by atoms with Gasteiger partial charge in [-0.1, -0.05) is 27.7 Å². The molecule has 0 saturated carbocycles. The second-order valence-electron chi connectivity index (χ2n) is 4.67. The zero-order valence-corrected chi connectivity index (χ0v) is 13.1. The highest BCUT2D eigenvalue weighted by molar-refractivity contribution is 7.12. The van der Waals surface area contributed by atoms with Gasteiger partial charge < -0.3 is 0 Å². The first kappa shape index (κ1) is 15.4. The van der Waals surface area contributed by atoms with E-state index >= 15 is 0 Å². The molecule has 0 aromatic carbocycles. The van der Waals surface area contributed by atoms with Gasteiger partial charge in [-0.25, -0.2) is 0 Å². The van der Waals surface area contributed by atoms with Gasteiger partial charge in [0.1, 0.15) is 0 Å². The van der Waals surface area contributed by atoms with E-state index in [-0.39, 0.29) is 5.54 Å². The van der Waals surface area contributed by atoms with E-state index < -0.39 is 0 Å². The Morgan fingerprint density at radius 1 is 1.22 bits per heavy atom. The summed E-state index contributed by atoms with van der Waals surface area (Å²) in [5, 5.41) is 2.01. The van der Waals surface area contributed by atoms with Gasteiger partial charge in [-0.05, 0) is 49.9 Å². The average molecular weight is 267 g/mol. The van der Waals surface area contributed by atoms with E-state index in [0.717, 1.165) is 36.4 Å². The number of rotatable bonds is 7. The van der Waals surface area contributed by atoms with Crippen molar-refractivity contribution in [1.82, 2.24) is 4.90 Å². The van der Waals surface area contributed by atoms with Crippen LogP contribution >= 0.6 is 11.3 Å². The molecule has 3 heteroatoms. The lowest BCUT2D eigenvalue weighted by Crippen LogP contribution is -2.53. The monoisotopic (exact) mass is 267 g/mol. The molecule has 0 aliphatic rings. The first-order valence-corrected chi connectivity index (χ1v) is 7.79. The molecule has 1 aromatic rings. The third-order valence-corrected chi connectivity index (χ3v) is 5.04. The van der Waals surface area contributed by atoms with Crippen LogP contribution in [-0.4, -0.2) is 29.3 Å². The number of ketones is 1. The number of nitrogens with zero attached hydrogens (tertiary/aromatic N) is 1. The Bertz CT molecular complexity index is 389. The number of Topliss-reactive ketones (excluding diaryl/α,β-unsaturated/α-hetero) is 1. The molecule has 0 atom stereocenters. The number of aryl methyl sites for hydroxylation is 1. The molecule has 0 aliphatic heterocycles. The number of likely N-dealkylation sites (N-methyl/N-ethyl adjacent to an activating group) is 1. The first-order chi connectivity index (χ1) is 8.57. The normalized spacial score (nSPS) is 12.1. The molecule has 18 heavy (non-hydrogen) atoms. The highest BCUT2D eigenvalue weighted by atomic mass is 32.1. The molecule has 1 rings (SSSR count). The van der Waals surface area contributed by atoms with E-state index in [9.17, 15) is 4.79 Å². The minimum atomic E-state index is -0.320. The maximum absolute atomic E-state index is 12.9. The molecular weight excluding hydrogens is 242 g/mol. The Kier molecular flexibility index (Phi) is 5.54. The fourth-order valence-electron chi connectivity index (χ4n) is 2.81. The SMILES string of the molecule is CCN(CC)C(CC)(CC)C(=O)c1sccc1C. The van der Waals surface area contributed by atoms with Gasteiger partial charge in [-0.15, -0.1) is 11.3 Å². The molecule has 0 saturated heterocycles. The van der Waals surface area contributed by atoms with Crippen LogP contribution in [0, 0.1) is 6.92 Å². The predicted octanol–water partition coefficient (Wildman–Crippen LogP) is 4.14. The molecule has 0 bridgehead atoms. The van der Waals surface area contributed by atoms with Gasteiger partial charge >= 0.3 is 0 Å². The van der Waals surface area contributed by atoms with Crippen LogP contribution in [-0.2, 0) is 0 Å². The Hall–Kier alpha value is -0.670. The van der Waals surface area contributed by atoms with Gasteiger partial charge in [-0.2, -0.15) is 0 Å². The van der Waals surface area contributed by atoms with Crippen molar-refractivity contribution >= 4 is 17.1 Å². The zero-order chi connectivity index (χ0) is 13.8. The quantitative estimate of drug-likeness (QED) is 0.692. The van der Waals surface area contributed by atoms with Crippen LogP contribution < -0.4 is 0 Å². The Labute approximate surface area is 115 Å². The van der Waals surface area contributed by atoms with Crippen molar-refractivity contribution in [2.45, 2.75) is 53.0 Å². The standard InChI is InChI=1S/C15H25NOS/c1-6-15(7-2,16(8-3)9-4)14(17)13-12(5)10-11-18-13/h10-11H,6-9H2,1-5H3. The largest absolute Gasteiger partial charge is 0.291 e. The maximum Gasteiger partial charge on any atom is 0.193 e. The van der Waals surface area contributed by atoms with Crippen LogP contribution in [0.1, 0.15) is 55.8 Å². The first-order valence-electron chi connectivity index (χ1n) is 6.91. The second kappa shape index (κ2) is 6.48. The summed E-state index contributed by atoms with van der Waals surface area (Å²) in [7, 11) is 0. The van der Waals surface area contributed by atoms with Gasteiger partial charge in [0, 0.05) is 0 Å². The van der Waals surface area contributed by atoms with Crippen molar-refractivity contribution < 1.29 is 4.79 Å². The van der Waals surface area contributed by atoms with Crippen LogP contribution in [0.5, 0.6) is 0 Å². The fourth-order valence-corrected chi connectivity index (χ4v) is 3.77. The summed E-state index contributed by atoms with van der Waals surface area (Å²) in [5.41, 5.74) is 0.794. The van der Waals surface area contributed by atoms with E-state index in [2.05, 4.69) is 32.6 Å². The van der Waals surface area contributed by atoms with E-state index in [1.807, 2.05) is 18.4 Å². The molecule has 0 radical (unpaired) electrons. The minimum Gasteiger partial charge on any atom is -0.291 e. The molecule has 0 aliphatic carbocycles. The smallest absolute Gasteiger partial charge is 0.193 e. The van der Waals surface area contributed by atoms with Crippen molar-refractivity contribution in [3.63, 3.8) is 0 Å². The third-order valence-electron chi connectivity index (χ3n) is 4.03. The molecule has 0 amide bonds. The van der Waals surface area contributed by atoms with Gasteiger partial charge in [0.15, 0.2) is 5.78 Å². The van der Waals surface area contributed by atoms with Gasteiger partial charge in [0.05, 0.1) is 10.4 Å². The summed E-state index contributed by atoms with van der Waals surface area (Å²) in [6.45, 7) is 12.4. The predicted molar refractivity (Wildman–Crippen MR) is 79.6 cm³/mol. The summed E-state index contributed by atoms with van der Waals surface area (Å²) < 4.78 is 0. The lowest BCUT2D eigenvalue weighted by molar-refractivity contribution is 0.0539. The highest BCUT2D eigenvalue weighted by Crippen LogP contribution is 2.31. The molecule has 1 heterocycles. The summed E-state index contributed by atoms with van der Waals surface area (Å²) >= 11 is 1.58. The molecular formula is C15H25NOS. The van der Waals surface area contributed by atoms with Crippen LogP contribution in [0.15, 0.2) is 11.4 Å². The maximum atomic E-state index is 12.9. The van der Waals surface area contributed by atoms with Crippen LogP contribution in [0.3, 0.4) is 0 Å². The Balaban J connectivity index is 3.20. The van der Waals surface area contributed by atoms with Gasteiger partial charge in [0.2, 0.25) is 0 Å². The summed E-state index contributed by atoms with van der Waals surface area (Å²) in [6.07, 6.45) is 1.75. The van der Waals surface area contributed by atoms with Crippen molar-refractivity contribution in [2.75, 3.05) is 13.1 Å². The van der Waals surface area contributed by atoms with Crippen molar-refractivity contribution in [3.8, 4) is 0 Å². The molecule has 0 spiro atoms. The molecule has 0 unspecified atom stereocenters. The van der Waals surface area contributed by atoms with E-state index in [4.69, 9.17) is 0 Å². The van der Waals surface area contributed by atoms with Crippen LogP contribution in [0.25, 0.3) is 0 Å². The minimum absolute atomic E-state index is 0.309. The van der Waals surface area contributed by atoms with Crippen molar-refractivity contribution in [1.29, 1.82) is 0 Å². The van der Waals surface area contributed by atoms with Crippen molar-refractivity contribution in [3.05, 3.63) is 21.9 Å². The lowest BCUT2D eigenvalue weighted by atomic mass is 9.84. The van der Waals surface area contributed by atoms with E-state index in [1.54, 1.807) is 11.3 Å². The zero-order valence-electron chi connectivity index (χ0n) is 12.2. The van der Waals surface area contributed by atoms with Gasteiger partial charge in [-0.3, -0.25) is 9.69 Å². The topological polar surface area (TPSA) is 20.3 Å². The second-order valence-corrected chi connectivity index (χ2v) is 5.59. The average Bonchev–Trinajstić information content (AvgIpc) is 2.81. The Morgan fingerprint density at radius 2 is 1.78 bits per heavy atom. The molecule has 2 nitrogen and oxygen atoms in total. The fraction of sp³-hybridized carbons (Fsp3) is 0.667.